The van der Waals surface area contributed by atoms with Crippen LogP contribution in [0.25, 0.3) is 0 Å². The Labute approximate surface area is 158 Å². The molecule has 2 aliphatic heterocycles. The third-order valence-corrected chi connectivity index (χ3v) is 5.49. The summed E-state index contributed by atoms with van der Waals surface area (Å²) in [7, 11) is 0. The molecule has 0 unspecified atom stereocenters. The SMILES string of the molecule is C[C@H](Oc1ccc(Br)cc1)C(=O)N1CCCC[C@H]1CN1CCOCC1. The topological polar surface area (TPSA) is 42.0 Å². The number of benzene rings is 1. The quantitative estimate of drug-likeness (QED) is 0.748. The van der Waals surface area contributed by atoms with Gasteiger partial charge in [-0.05, 0) is 50.5 Å². The first-order valence-corrected chi connectivity index (χ1v) is 9.95. The van der Waals surface area contributed by atoms with E-state index in [1.165, 1.54) is 6.42 Å². The summed E-state index contributed by atoms with van der Waals surface area (Å²) >= 11 is 3.41. The molecular formula is C19H27BrN2O3. The molecule has 2 aliphatic rings. The van der Waals surface area contributed by atoms with E-state index in [1.807, 2.05) is 36.1 Å². The van der Waals surface area contributed by atoms with Gasteiger partial charge in [0, 0.05) is 36.7 Å². The lowest BCUT2D eigenvalue weighted by molar-refractivity contribution is -0.142. The summed E-state index contributed by atoms with van der Waals surface area (Å²) in [6, 6.07) is 7.91. The van der Waals surface area contributed by atoms with E-state index in [9.17, 15) is 4.79 Å². The first kappa shape index (κ1) is 18.7. The van der Waals surface area contributed by atoms with Crippen LogP contribution in [0.2, 0.25) is 0 Å². The molecule has 0 aliphatic carbocycles. The highest BCUT2D eigenvalue weighted by molar-refractivity contribution is 9.10. The average Bonchev–Trinajstić information content (AvgIpc) is 2.64. The highest BCUT2D eigenvalue weighted by Crippen LogP contribution is 2.22. The second-order valence-electron chi connectivity index (χ2n) is 6.81. The monoisotopic (exact) mass is 410 g/mol. The Morgan fingerprint density at radius 3 is 2.68 bits per heavy atom. The summed E-state index contributed by atoms with van der Waals surface area (Å²) in [5.74, 6) is 0.826. The van der Waals surface area contributed by atoms with Crippen LogP contribution < -0.4 is 4.74 Å². The Kier molecular flexibility index (Phi) is 6.73. The van der Waals surface area contributed by atoms with Crippen molar-refractivity contribution in [2.24, 2.45) is 0 Å². The largest absolute Gasteiger partial charge is 0.481 e. The number of ether oxygens (including phenoxy) is 2. The fraction of sp³-hybridized carbons (Fsp3) is 0.632. The van der Waals surface area contributed by atoms with Crippen LogP contribution in [-0.4, -0.2) is 67.2 Å². The predicted octanol–water partition coefficient (Wildman–Crippen LogP) is 2.93. The lowest BCUT2D eigenvalue weighted by atomic mass is 10.0. The highest BCUT2D eigenvalue weighted by atomic mass is 79.9. The third kappa shape index (κ3) is 5.19. The second kappa shape index (κ2) is 9.01. The molecule has 6 heteroatoms. The molecule has 2 saturated heterocycles. The smallest absolute Gasteiger partial charge is 0.263 e. The Morgan fingerprint density at radius 1 is 1.24 bits per heavy atom. The van der Waals surface area contributed by atoms with E-state index in [4.69, 9.17) is 9.47 Å². The molecule has 25 heavy (non-hydrogen) atoms. The van der Waals surface area contributed by atoms with Crippen LogP contribution in [-0.2, 0) is 9.53 Å². The van der Waals surface area contributed by atoms with E-state index < -0.39 is 6.10 Å². The number of amides is 1. The number of morpholine rings is 1. The molecule has 5 nitrogen and oxygen atoms in total. The van der Waals surface area contributed by atoms with Gasteiger partial charge in [-0.25, -0.2) is 0 Å². The van der Waals surface area contributed by atoms with E-state index in [1.54, 1.807) is 0 Å². The summed E-state index contributed by atoms with van der Waals surface area (Å²) in [5, 5.41) is 0. The van der Waals surface area contributed by atoms with Gasteiger partial charge in [-0.3, -0.25) is 9.69 Å². The average molecular weight is 411 g/mol. The number of piperidine rings is 1. The Balaban J connectivity index is 1.59. The zero-order valence-electron chi connectivity index (χ0n) is 14.8. The Hall–Kier alpha value is -1.11. The molecule has 1 aromatic rings. The molecule has 0 radical (unpaired) electrons. The van der Waals surface area contributed by atoms with Crippen molar-refractivity contribution < 1.29 is 14.3 Å². The van der Waals surface area contributed by atoms with E-state index in [0.717, 1.165) is 62.5 Å². The molecule has 1 amide bonds. The van der Waals surface area contributed by atoms with Crippen LogP contribution in [0.3, 0.4) is 0 Å². The number of halogens is 1. The van der Waals surface area contributed by atoms with Gasteiger partial charge in [-0.2, -0.15) is 0 Å². The minimum absolute atomic E-state index is 0.0980. The second-order valence-corrected chi connectivity index (χ2v) is 7.72. The maximum Gasteiger partial charge on any atom is 0.263 e. The summed E-state index contributed by atoms with van der Waals surface area (Å²) in [4.78, 5) is 17.4. The van der Waals surface area contributed by atoms with Gasteiger partial charge in [0.2, 0.25) is 0 Å². The Morgan fingerprint density at radius 2 is 1.96 bits per heavy atom. The molecule has 2 heterocycles. The number of nitrogens with zero attached hydrogens (tertiary/aromatic N) is 2. The number of carbonyl (C=O) groups excluding carboxylic acids is 1. The maximum absolute atomic E-state index is 13.0. The van der Waals surface area contributed by atoms with Crippen molar-refractivity contribution in [2.45, 2.75) is 38.3 Å². The van der Waals surface area contributed by atoms with Gasteiger partial charge in [0.05, 0.1) is 13.2 Å². The van der Waals surface area contributed by atoms with Crippen LogP contribution >= 0.6 is 15.9 Å². The van der Waals surface area contributed by atoms with Crippen LogP contribution in [0.4, 0.5) is 0 Å². The number of carbonyl (C=O) groups is 1. The standard InChI is InChI=1S/C19H27BrN2O3/c1-15(25-18-7-5-16(20)6-8-18)19(23)22-9-3-2-4-17(22)14-21-10-12-24-13-11-21/h5-8,15,17H,2-4,9-14H2,1H3/t15-,17-/m0/s1. The normalized spacial score (nSPS) is 23.3. The van der Waals surface area contributed by atoms with Gasteiger partial charge in [0.1, 0.15) is 5.75 Å². The van der Waals surface area contributed by atoms with Crippen molar-refractivity contribution in [1.82, 2.24) is 9.80 Å². The van der Waals surface area contributed by atoms with Crippen molar-refractivity contribution in [3.05, 3.63) is 28.7 Å². The van der Waals surface area contributed by atoms with Crippen LogP contribution in [0, 0.1) is 0 Å². The summed E-state index contributed by atoms with van der Waals surface area (Å²) in [6.45, 7) is 7.15. The maximum atomic E-state index is 13.0. The minimum atomic E-state index is -0.466. The van der Waals surface area contributed by atoms with E-state index >= 15 is 0 Å². The van der Waals surface area contributed by atoms with E-state index in [-0.39, 0.29) is 11.9 Å². The fourth-order valence-corrected chi connectivity index (χ4v) is 3.83. The molecule has 3 rings (SSSR count). The lowest BCUT2D eigenvalue weighted by Crippen LogP contribution is -2.54. The molecule has 2 fully saturated rings. The summed E-state index contributed by atoms with van der Waals surface area (Å²) < 4.78 is 12.3. The van der Waals surface area contributed by atoms with Crippen LogP contribution in [0.5, 0.6) is 5.75 Å². The molecule has 0 spiro atoms. The van der Waals surface area contributed by atoms with Gasteiger partial charge >= 0.3 is 0 Å². The fourth-order valence-electron chi connectivity index (χ4n) is 3.56. The number of hydrogen-bond acceptors (Lipinski definition) is 4. The zero-order valence-corrected chi connectivity index (χ0v) is 16.4. The van der Waals surface area contributed by atoms with Crippen molar-refractivity contribution in [2.75, 3.05) is 39.4 Å². The molecule has 0 aromatic heterocycles. The van der Waals surface area contributed by atoms with Gasteiger partial charge in [-0.1, -0.05) is 15.9 Å². The zero-order chi connectivity index (χ0) is 17.6. The predicted molar refractivity (Wildman–Crippen MR) is 101 cm³/mol. The minimum Gasteiger partial charge on any atom is -0.481 e. The van der Waals surface area contributed by atoms with Gasteiger partial charge in [-0.15, -0.1) is 0 Å². The molecule has 138 valence electrons. The van der Waals surface area contributed by atoms with E-state index in [0.29, 0.717) is 0 Å². The molecule has 0 saturated carbocycles. The molecule has 2 atom stereocenters. The van der Waals surface area contributed by atoms with Gasteiger partial charge < -0.3 is 14.4 Å². The first-order valence-electron chi connectivity index (χ1n) is 9.16. The molecular weight excluding hydrogens is 384 g/mol. The van der Waals surface area contributed by atoms with Crippen molar-refractivity contribution >= 4 is 21.8 Å². The number of rotatable bonds is 5. The first-order chi connectivity index (χ1) is 12.1. The van der Waals surface area contributed by atoms with Crippen LogP contribution in [0.1, 0.15) is 26.2 Å². The summed E-state index contributed by atoms with van der Waals surface area (Å²) in [6.07, 6.45) is 2.89. The van der Waals surface area contributed by atoms with Gasteiger partial charge in [0.25, 0.3) is 5.91 Å². The molecule has 1 aromatic carbocycles. The molecule has 0 N–H and O–H groups in total. The van der Waals surface area contributed by atoms with Crippen LogP contribution in [0.15, 0.2) is 28.7 Å². The van der Waals surface area contributed by atoms with Crippen molar-refractivity contribution in [3.8, 4) is 5.75 Å². The lowest BCUT2D eigenvalue weighted by Gasteiger charge is -2.40. The van der Waals surface area contributed by atoms with Crippen molar-refractivity contribution in [1.29, 1.82) is 0 Å². The van der Waals surface area contributed by atoms with Crippen molar-refractivity contribution in [3.63, 3.8) is 0 Å². The number of hydrogen-bond donors (Lipinski definition) is 0. The highest BCUT2D eigenvalue weighted by Gasteiger charge is 2.32. The van der Waals surface area contributed by atoms with E-state index in [2.05, 4.69) is 20.8 Å². The van der Waals surface area contributed by atoms with Gasteiger partial charge in [0.15, 0.2) is 6.10 Å². The number of likely N-dealkylation sites (tertiary alicyclic amines) is 1. The summed E-state index contributed by atoms with van der Waals surface area (Å²) in [5.41, 5.74) is 0. The molecule has 0 bridgehead atoms. The third-order valence-electron chi connectivity index (χ3n) is 4.96. The Bertz CT molecular complexity index is 560.